The van der Waals surface area contributed by atoms with Gasteiger partial charge in [0.15, 0.2) is 5.82 Å². The molecule has 10 heteroatoms. The number of carbonyl (C=O) groups excluding carboxylic acids is 1. The number of hydrogen-bond donors (Lipinski definition) is 4. The van der Waals surface area contributed by atoms with E-state index in [0.717, 1.165) is 43.7 Å². The number of aromatic amines is 1. The molecule has 10 nitrogen and oxygen atoms in total. The largest absolute Gasteiger partial charge is 0.465 e. The van der Waals surface area contributed by atoms with Crippen LogP contribution in [0.5, 0.6) is 0 Å². The first-order chi connectivity index (χ1) is 13.3. The number of nitrogens with zero attached hydrogens (tertiary/aromatic N) is 2. The summed E-state index contributed by atoms with van der Waals surface area (Å²) in [4.78, 5) is 21.8. The lowest BCUT2D eigenvalue weighted by molar-refractivity contribution is -0.115. The van der Waals surface area contributed by atoms with Crippen LogP contribution in [0.15, 0.2) is 16.7 Å². The number of amides is 2. The van der Waals surface area contributed by atoms with Crippen molar-refractivity contribution in [1.82, 2.24) is 20.7 Å². The van der Waals surface area contributed by atoms with Gasteiger partial charge in [-0.05, 0) is 39.5 Å². The zero-order valence-corrected chi connectivity index (χ0v) is 15.9. The summed E-state index contributed by atoms with van der Waals surface area (Å²) in [5, 5.41) is 24.0. The number of hydrogen-bond acceptors (Lipinski definition) is 6. The minimum absolute atomic E-state index is 0.0603. The van der Waals surface area contributed by atoms with Crippen LogP contribution >= 0.6 is 0 Å². The van der Waals surface area contributed by atoms with Crippen molar-refractivity contribution in [3.05, 3.63) is 29.3 Å². The van der Waals surface area contributed by atoms with Gasteiger partial charge >= 0.3 is 6.09 Å². The van der Waals surface area contributed by atoms with Gasteiger partial charge in [0.25, 0.3) is 0 Å². The molecule has 1 aliphatic carbocycles. The van der Waals surface area contributed by atoms with E-state index < -0.39 is 6.09 Å². The first-order valence-corrected chi connectivity index (χ1v) is 9.23. The molecule has 4 N–H and O–H groups in total. The average molecular weight is 391 g/mol. The molecule has 1 atom stereocenters. The van der Waals surface area contributed by atoms with Gasteiger partial charge in [0.1, 0.15) is 5.76 Å². The summed E-state index contributed by atoms with van der Waals surface area (Å²) in [6.45, 7) is 4.49. The van der Waals surface area contributed by atoms with Gasteiger partial charge in [-0.2, -0.15) is 5.10 Å². The molecule has 28 heavy (non-hydrogen) atoms. The Labute approximate surface area is 162 Å². The Hall–Kier alpha value is -2.88. The third-order valence-electron chi connectivity index (χ3n) is 4.56. The third kappa shape index (κ3) is 5.81. The van der Waals surface area contributed by atoms with Gasteiger partial charge in [0.05, 0.1) is 23.9 Å². The average Bonchev–Trinajstić information content (AvgIpc) is 3.10. The van der Waals surface area contributed by atoms with Gasteiger partial charge in [-0.1, -0.05) is 5.16 Å². The van der Waals surface area contributed by atoms with Gasteiger partial charge in [0.2, 0.25) is 5.91 Å². The smallest absolute Gasteiger partial charge is 0.405 e. The zero-order chi connectivity index (χ0) is 20.1. The molecule has 2 aromatic heterocycles. The van der Waals surface area contributed by atoms with Crippen molar-refractivity contribution >= 4 is 17.8 Å². The Morgan fingerprint density at radius 3 is 2.71 bits per heavy atom. The van der Waals surface area contributed by atoms with Crippen molar-refractivity contribution in [2.75, 3.05) is 11.9 Å². The maximum atomic E-state index is 11.8. The second-order valence-corrected chi connectivity index (χ2v) is 7.36. The second kappa shape index (κ2) is 8.42. The molecule has 2 amide bonds. The Morgan fingerprint density at radius 2 is 2.18 bits per heavy atom. The first kappa shape index (κ1) is 19.9. The number of aromatic nitrogens is 3. The molecule has 2 aromatic rings. The number of carboxylic acid groups (broad SMARTS) is 1. The molecule has 3 heterocycles. The number of carbonyl (C=O) groups is 2. The lowest BCUT2D eigenvalue weighted by Crippen LogP contribution is -2.32. The van der Waals surface area contributed by atoms with Gasteiger partial charge in [-0.15, -0.1) is 0 Å². The molecule has 0 spiro atoms. The van der Waals surface area contributed by atoms with Crippen LogP contribution in [0.2, 0.25) is 0 Å². The molecular weight excluding hydrogens is 366 g/mol. The Bertz CT molecular complexity index is 820. The van der Waals surface area contributed by atoms with E-state index in [9.17, 15) is 9.59 Å². The predicted octanol–water partition coefficient (Wildman–Crippen LogP) is 2.55. The van der Waals surface area contributed by atoms with Gasteiger partial charge < -0.3 is 25.0 Å². The summed E-state index contributed by atoms with van der Waals surface area (Å²) in [6.07, 6.45) is 3.29. The highest BCUT2D eigenvalue weighted by Gasteiger charge is 2.38. The topological polar surface area (TPSA) is 142 Å². The molecule has 0 radical (unpaired) electrons. The van der Waals surface area contributed by atoms with Crippen LogP contribution in [-0.2, 0) is 16.0 Å². The monoisotopic (exact) mass is 391 g/mol. The maximum absolute atomic E-state index is 11.8. The summed E-state index contributed by atoms with van der Waals surface area (Å²) in [6, 6.07) is 3.54. The lowest BCUT2D eigenvalue weighted by Gasteiger charge is -2.04. The first-order valence-electron chi connectivity index (χ1n) is 9.23. The molecule has 0 bridgehead atoms. The van der Waals surface area contributed by atoms with Gasteiger partial charge in [0, 0.05) is 24.3 Å². The van der Waals surface area contributed by atoms with E-state index in [0.29, 0.717) is 11.6 Å². The van der Waals surface area contributed by atoms with Crippen molar-refractivity contribution in [2.45, 2.75) is 57.6 Å². The van der Waals surface area contributed by atoms with Crippen LogP contribution < -0.4 is 10.6 Å². The minimum Gasteiger partial charge on any atom is -0.465 e. The Kier molecular flexibility index (Phi) is 5.98. The van der Waals surface area contributed by atoms with Gasteiger partial charge in [-0.3, -0.25) is 9.89 Å². The van der Waals surface area contributed by atoms with E-state index in [1.54, 1.807) is 12.1 Å². The fraction of sp³-hybridized carbons (Fsp3) is 0.556. The Balaban J connectivity index is 0.000000236. The van der Waals surface area contributed by atoms with Gasteiger partial charge in [-0.25, -0.2) is 4.79 Å². The van der Waals surface area contributed by atoms with Crippen LogP contribution in [0.1, 0.15) is 55.9 Å². The fourth-order valence-corrected chi connectivity index (χ4v) is 2.80. The van der Waals surface area contributed by atoms with Crippen molar-refractivity contribution in [1.29, 1.82) is 0 Å². The van der Waals surface area contributed by atoms with Crippen molar-refractivity contribution in [3.8, 4) is 0 Å². The van der Waals surface area contributed by atoms with E-state index in [1.807, 2.05) is 13.8 Å². The molecule has 1 aliphatic heterocycles. The lowest BCUT2D eigenvalue weighted by atomic mass is 10.2. The number of H-pyrrole nitrogens is 1. The molecule has 4 rings (SSSR count). The second-order valence-electron chi connectivity index (χ2n) is 7.36. The maximum Gasteiger partial charge on any atom is 0.405 e. The number of anilines is 1. The Morgan fingerprint density at radius 1 is 1.39 bits per heavy atom. The molecule has 2 fully saturated rings. The normalized spacial score (nSPS) is 19.4. The van der Waals surface area contributed by atoms with Crippen molar-refractivity contribution in [3.63, 3.8) is 0 Å². The number of aryl methyl sites for hydroxylation is 1. The summed E-state index contributed by atoms with van der Waals surface area (Å²) in [7, 11) is 0. The number of ether oxygens (including phenoxy) is 1. The van der Waals surface area contributed by atoms with Crippen LogP contribution in [0.25, 0.3) is 0 Å². The third-order valence-corrected chi connectivity index (χ3v) is 4.56. The summed E-state index contributed by atoms with van der Waals surface area (Å²) in [5.74, 6) is 0.846. The van der Waals surface area contributed by atoms with Crippen LogP contribution in [-0.4, -0.2) is 44.6 Å². The molecule has 1 unspecified atom stereocenters. The summed E-state index contributed by atoms with van der Waals surface area (Å²) >= 11 is 0. The van der Waals surface area contributed by atoms with Crippen molar-refractivity contribution < 1.29 is 24.0 Å². The minimum atomic E-state index is -0.912. The summed E-state index contributed by atoms with van der Waals surface area (Å²) < 4.78 is 10.5. The highest BCUT2D eigenvalue weighted by Crippen LogP contribution is 2.33. The van der Waals surface area contributed by atoms with Crippen LogP contribution in [0.3, 0.4) is 0 Å². The molecule has 152 valence electrons. The summed E-state index contributed by atoms with van der Waals surface area (Å²) in [5.41, 5.74) is 1.58. The predicted molar refractivity (Wildman–Crippen MR) is 98.9 cm³/mol. The van der Waals surface area contributed by atoms with Crippen LogP contribution in [0.4, 0.5) is 10.6 Å². The number of nitrogens with one attached hydrogen (secondary N) is 3. The fourth-order valence-electron chi connectivity index (χ4n) is 2.80. The molecule has 0 aromatic carbocycles. The van der Waals surface area contributed by atoms with E-state index in [4.69, 9.17) is 14.4 Å². The zero-order valence-electron chi connectivity index (χ0n) is 15.9. The molecular formula is C18H25N5O5. The van der Waals surface area contributed by atoms with E-state index in [-0.39, 0.29) is 24.0 Å². The SMILES string of the molecule is CC1(NC(=O)O)CC1.Cc1cc(CC(=O)Nc2cc(C3CCCO3)[nH]n2)on1. The molecule has 2 aliphatic rings. The van der Waals surface area contributed by atoms with E-state index in [2.05, 4.69) is 26.0 Å². The highest BCUT2D eigenvalue weighted by atomic mass is 16.5. The molecule has 1 saturated carbocycles. The van der Waals surface area contributed by atoms with Crippen LogP contribution in [0, 0.1) is 6.92 Å². The highest BCUT2D eigenvalue weighted by molar-refractivity contribution is 5.91. The number of rotatable bonds is 5. The molecule has 1 saturated heterocycles. The quantitative estimate of drug-likeness (QED) is 0.613. The van der Waals surface area contributed by atoms with E-state index in [1.165, 1.54) is 0 Å². The standard InChI is InChI=1S/C13H16N4O3.C5H9NO2/c1-8-5-9(20-17-8)6-13(18)14-12-7-10(15-16-12)11-3-2-4-19-11;1-5(2-3-5)6-4(7)8/h5,7,11H,2-4,6H2,1H3,(H2,14,15,16,18);6H,2-3H2,1H3,(H,7,8). The van der Waals surface area contributed by atoms with E-state index >= 15 is 0 Å². The van der Waals surface area contributed by atoms with Crippen molar-refractivity contribution in [2.24, 2.45) is 0 Å².